The Hall–Kier alpha value is -2.16. The standard InChI is InChI=1S/C10H12N4O4S/c1-6(9(15)16)5-12(2)7-8(14(17)18)13-3-4-19-10(13)11-7/h3-4,6H,5H2,1-2H3,(H,15,16). The van der Waals surface area contributed by atoms with Crippen LogP contribution in [0.2, 0.25) is 0 Å². The molecular weight excluding hydrogens is 272 g/mol. The predicted molar refractivity (Wildman–Crippen MR) is 69.8 cm³/mol. The maximum atomic E-state index is 11.1. The first-order valence-electron chi connectivity index (χ1n) is 5.45. The first kappa shape index (κ1) is 13.3. The number of carboxylic acid groups (broad SMARTS) is 1. The van der Waals surface area contributed by atoms with Gasteiger partial charge in [-0.25, -0.2) is 0 Å². The van der Waals surface area contributed by atoms with Crippen LogP contribution in [0.15, 0.2) is 11.6 Å². The van der Waals surface area contributed by atoms with Crippen LogP contribution in [0.5, 0.6) is 0 Å². The van der Waals surface area contributed by atoms with E-state index in [2.05, 4.69) is 4.98 Å². The highest BCUT2D eigenvalue weighted by atomic mass is 32.1. The van der Waals surface area contributed by atoms with Crippen LogP contribution in [0, 0.1) is 16.0 Å². The third-order valence-electron chi connectivity index (χ3n) is 2.72. The predicted octanol–water partition coefficient (Wildman–Crippen LogP) is 1.46. The van der Waals surface area contributed by atoms with E-state index >= 15 is 0 Å². The normalized spacial score (nSPS) is 12.5. The highest BCUT2D eigenvalue weighted by Crippen LogP contribution is 2.30. The van der Waals surface area contributed by atoms with E-state index in [9.17, 15) is 14.9 Å². The lowest BCUT2D eigenvalue weighted by molar-refractivity contribution is -0.389. The molecule has 0 amide bonds. The molecule has 102 valence electrons. The van der Waals surface area contributed by atoms with Gasteiger partial charge in [-0.3, -0.25) is 4.79 Å². The van der Waals surface area contributed by atoms with Gasteiger partial charge >= 0.3 is 11.8 Å². The lowest BCUT2D eigenvalue weighted by atomic mass is 10.2. The van der Waals surface area contributed by atoms with Gasteiger partial charge in [-0.05, 0) is 4.92 Å². The van der Waals surface area contributed by atoms with E-state index in [1.165, 1.54) is 20.6 Å². The second kappa shape index (κ2) is 4.84. The minimum Gasteiger partial charge on any atom is -0.481 e. The molecule has 2 aromatic heterocycles. The molecule has 9 heteroatoms. The fourth-order valence-corrected chi connectivity index (χ4v) is 2.47. The van der Waals surface area contributed by atoms with E-state index in [1.807, 2.05) is 0 Å². The van der Waals surface area contributed by atoms with Crippen molar-refractivity contribution >= 4 is 33.9 Å². The molecule has 0 spiro atoms. The summed E-state index contributed by atoms with van der Waals surface area (Å²) in [6.07, 6.45) is 1.57. The number of hydrogen-bond donors (Lipinski definition) is 1. The van der Waals surface area contributed by atoms with E-state index in [0.29, 0.717) is 4.96 Å². The van der Waals surface area contributed by atoms with Crippen LogP contribution in [-0.2, 0) is 4.79 Å². The summed E-state index contributed by atoms with van der Waals surface area (Å²) < 4.78 is 1.39. The van der Waals surface area contributed by atoms with Gasteiger partial charge in [0.05, 0.1) is 5.92 Å². The maximum absolute atomic E-state index is 11.1. The minimum absolute atomic E-state index is 0.142. The van der Waals surface area contributed by atoms with Crippen molar-refractivity contribution in [1.29, 1.82) is 0 Å². The fraction of sp³-hybridized carbons (Fsp3) is 0.400. The highest BCUT2D eigenvalue weighted by Gasteiger charge is 2.27. The Balaban J connectivity index is 2.38. The smallest absolute Gasteiger partial charge is 0.373 e. The topological polar surface area (TPSA) is 101 Å². The molecule has 2 rings (SSSR count). The van der Waals surface area contributed by atoms with Crippen LogP contribution >= 0.6 is 11.3 Å². The van der Waals surface area contributed by atoms with Crippen LogP contribution in [0.25, 0.3) is 4.96 Å². The molecule has 19 heavy (non-hydrogen) atoms. The molecule has 1 N–H and O–H groups in total. The Bertz CT molecular complexity index is 635. The van der Waals surface area contributed by atoms with Crippen molar-refractivity contribution in [3.63, 3.8) is 0 Å². The SMILES string of the molecule is CC(CN(C)c1nc2sccn2c1[N+](=O)[O-])C(=O)O. The number of nitro groups is 1. The van der Waals surface area contributed by atoms with Crippen molar-refractivity contribution in [3.8, 4) is 0 Å². The molecule has 0 radical (unpaired) electrons. The first-order valence-corrected chi connectivity index (χ1v) is 6.33. The Morgan fingerprint density at radius 2 is 2.42 bits per heavy atom. The summed E-state index contributed by atoms with van der Waals surface area (Å²) in [7, 11) is 1.60. The number of thiazole rings is 1. The van der Waals surface area contributed by atoms with Gasteiger partial charge in [0.15, 0.2) is 0 Å². The molecule has 0 fully saturated rings. The van der Waals surface area contributed by atoms with E-state index in [1.54, 1.807) is 25.5 Å². The largest absolute Gasteiger partial charge is 0.481 e. The Kier molecular flexibility index (Phi) is 3.38. The van der Waals surface area contributed by atoms with Crippen LogP contribution in [0.4, 0.5) is 11.6 Å². The number of hydrogen-bond acceptors (Lipinski definition) is 6. The van der Waals surface area contributed by atoms with Crippen molar-refractivity contribution < 1.29 is 14.8 Å². The quantitative estimate of drug-likeness (QED) is 0.659. The average Bonchev–Trinajstić information content (AvgIpc) is 2.86. The van der Waals surface area contributed by atoms with Gasteiger partial charge in [-0.15, -0.1) is 0 Å². The van der Waals surface area contributed by atoms with Crippen molar-refractivity contribution in [2.24, 2.45) is 5.92 Å². The maximum Gasteiger partial charge on any atom is 0.373 e. The van der Waals surface area contributed by atoms with E-state index < -0.39 is 16.8 Å². The highest BCUT2D eigenvalue weighted by molar-refractivity contribution is 7.15. The number of nitrogens with zero attached hydrogens (tertiary/aromatic N) is 4. The fourth-order valence-electron chi connectivity index (χ4n) is 1.76. The molecule has 0 saturated heterocycles. The number of imidazole rings is 1. The molecule has 0 saturated carbocycles. The molecular formula is C10H12N4O4S. The van der Waals surface area contributed by atoms with Gasteiger partial charge < -0.3 is 20.1 Å². The number of aliphatic carboxylic acids is 1. The lowest BCUT2D eigenvalue weighted by Crippen LogP contribution is -2.29. The molecule has 0 aromatic carbocycles. The molecule has 0 aliphatic carbocycles. The van der Waals surface area contributed by atoms with Crippen molar-refractivity contribution in [2.45, 2.75) is 6.92 Å². The van der Waals surface area contributed by atoms with Gasteiger partial charge in [-0.2, -0.15) is 9.38 Å². The van der Waals surface area contributed by atoms with E-state index in [0.717, 1.165) is 0 Å². The molecule has 0 aliphatic rings. The molecule has 1 unspecified atom stereocenters. The Labute approximate surface area is 112 Å². The zero-order valence-corrected chi connectivity index (χ0v) is 11.1. The van der Waals surface area contributed by atoms with Crippen LogP contribution in [0.3, 0.4) is 0 Å². The minimum atomic E-state index is -0.949. The third kappa shape index (κ3) is 2.36. The first-order chi connectivity index (χ1) is 8.91. The number of fused-ring (bicyclic) bond motifs is 1. The lowest BCUT2D eigenvalue weighted by Gasteiger charge is -2.18. The monoisotopic (exact) mass is 284 g/mol. The second-order valence-electron chi connectivity index (χ2n) is 4.19. The number of aromatic nitrogens is 2. The van der Waals surface area contributed by atoms with Crippen LogP contribution in [0.1, 0.15) is 6.92 Å². The second-order valence-corrected chi connectivity index (χ2v) is 5.06. The summed E-state index contributed by atoms with van der Waals surface area (Å²) in [4.78, 5) is 27.6. The van der Waals surface area contributed by atoms with Crippen LogP contribution in [-0.4, -0.2) is 39.0 Å². The van der Waals surface area contributed by atoms with Gasteiger partial charge in [-0.1, -0.05) is 18.3 Å². The summed E-state index contributed by atoms with van der Waals surface area (Å²) in [6.45, 7) is 1.70. The van der Waals surface area contributed by atoms with Crippen LogP contribution < -0.4 is 4.90 Å². The van der Waals surface area contributed by atoms with Gasteiger partial charge in [0.25, 0.3) is 4.96 Å². The number of anilines is 1. The average molecular weight is 284 g/mol. The van der Waals surface area contributed by atoms with E-state index in [4.69, 9.17) is 5.11 Å². The third-order valence-corrected chi connectivity index (χ3v) is 3.48. The molecule has 0 bridgehead atoms. The zero-order valence-electron chi connectivity index (χ0n) is 10.3. The Morgan fingerprint density at radius 1 is 1.74 bits per heavy atom. The van der Waals surface area contributed by atoms with Gasteiger partial charge in [0.2, 0.25) is 5.82 Å². The van der Waals surface area contributed by atoms with Gasteiger partial charge in [0.1, 0.15) is 6.20 Å². The number of rotatable bonds is 5. The molecule has 0 aliphatic heterocycles. The number of carboxylic acids is 1. The van der Waals surface area contributed by atoms with Crippen molar-refractivity contribution in [2.75, 3.05) is 18.5 Å². The zero-order chi connectivity index (χ0) is 14.2. The van der Waals surface area contributed by atoms with Gasteiger partial charge in [0, 0.05) is 19.0 Å². The molecule has 1 atom stereocenters. The summed E-state index contributed by atoms with van der Waals surface area (Å²) in [5, 5.41) is 21.7. The molecule has 2 heterocycles. The number of carbonyl (C=O) groups is 1. The summed E-state index contributed by atoms with van der Waals surface area (Å²) in [5.74, 6) is -1.54. The van der Waals surface area contributed by atoms with E-state index in [-0.39, 0.29) is 18.2 Å². The molecule has 8 nitrogen and oxygen atoms in total. The molecule has 2 aromatic rings. The summed E-state index contributed by atoms with van der Waals surface area (Å²) in [6, 6.07) is 0. The summed E-state index contributed by atoms with van der Waals surface area (Å²) >= 11 is 1.29. The summed E-state index contributed by atoms with van der Waals surface area (Å²) in [5.41, 5.74) is 0. The van der Waals surface area contributed by atoms with Crippen molar-refractivity contribution in [3.05, 3.63) is 21.7 Å². The van der Waals surface area contributed by atoms with Crippen molar-refractivity contribution in [1.82, 2.24) is 9.38 Å². The Morgan fingerprint density at radius 3 is 3.00 bits per heavy atom.